The summed E-state index contributed by atoms with van der Waals surface area (Å²) in [4.78, 5) is 0. The van der Waals surface area contributed by atoms with Gasteiger partial charge in [0, 0.05) is 5.56 Å². The molecule has 1 nitrogen and oxygen atoms in total. The van der Waals surface area contributed by atoms with E-state index >= 15 is 0 Å². The molecule has 0 aliphatic rings. The molecule has 0 aromatic heterocycles. The smallest absolute Gasteiger partial charge is 0.132 e. The molecule has 0 amide bonds. The Balaban J connectivity index is 2.90. The van der Waals surface area contributed by atoms with E-state index in [0.717, 1.165) is 11.0 Å². The normalized spacial score (nSPS) is 13.0. The van der Waals surface area contributed by atoms with Crippen LogP contribution in [0.1, 0.15) is 12.5 Å². The molecule has 1 aromatic carbocycles. The van der Waals surface area contributed by atoms with E-state index in [1.165, 1.54) is 11.3 Å². The number of likely N-dealkylation sites (N-methyl/N-ethyl adjacent to an activating group) is 1. The van der Waals surface area contributed by atoms with Gasteiger partial charge in [0.05, 0.1) is 14.1 Å². The van der Waals surface area contributed by atoms with Crippen molar-refractivity contribution in [2.45, 2.75) is 13.5 Å². The summed E-state index contributed by atoms with van der Waals surface area (Å²) in [5.74, 6) is 0. The number of hydrogen-bond acceptors (Lipinski definition) is 0. The van der Waals surface area contributed by atoms with Crippen LogP contribution in [0.5, 0.6) is 0 Å². The minimum absolute atomic E-state index is 0.803. The first-order valence-electron chi connectivity index (χ1n) is 5.93. The van der Waals surface area contributed by atoms with Crippen LogP contribution in [0, 0.1) is 0 Å². The maximum absolute atomic E-state index is 3.90. The summed E-state index contributed by atoms with van der Waals surface area (Å²) in [6, 6.07) is 10.5. The van der Waals surface area contributed by atoms with E-state index in [2.05, 4.69) is 57.1 Å². The van der Waals surface area contributed by atoms with Gasteiger partial charge in [-0.2, -0.15) is 0 Å². The Kier molecular flexibility index (Phi) is 4.92. The van der Waals surface area contributed by atoms with Crippen LogP contribution < -0.4 is 0 Å². The fraction of sp³-hybridized carbons (Fsp3) is 0.250. The Hall–Kier alpha value is -1.60. The van der Waals surface area contributed by atoms with Gasteiger partial charge >= 0.3 is 0 Å². The average molecular weight is 228 g/mol. The Morgan fingerprint density at radius 3 is 2.41 bits per heavy atom. The van der Waals surface area contributed by atoms with Gasteiger partial charge in [-0.25, -0.2) is 0 Å². The Bertz CT molecular complexity index is 410. The van der Waals surface area contributed by atoms with Crippen LogP contribution in [0.15, 0.2) is 66.9 Å². The lowest BCUT2D eigenvalue weighted by molar-refractivity contribution is -0.863. The largest absolute Gasteiger partial charge is 0.292 e. The van der Waals surface area contributed by atoms with Crippen LogP contribution >= 0.6 is 0 Å². The summed E-state index contributed by atoms with van der Waals surface area (Å²) in [5.41, 5.74) is 2.55. The Morgan fingerprint density at radius 2 is 1.88 bits per heavy atom. The highest BCUT2D eigenvalue weighted by Crippen LogP contribution is 2.17. The second kappa shape index (κ2) is 6.21. The molecular formula is C16H22N+. The van der Waals surface area contributed by atoms with E-state index < -0.39 is 0 Å². The Labute approximate surface area is 105 Å². The van der Waals surface area contributed by atoms with Crippen molar-refractivity contribution in [2.75, 3.05) is 14.1 Å². The van der Waals surface area contributed by atoms with Crippen molar-refractivity contribution in [1.29, 1.82) is 0 Å². The molecule has 0 unspecified atom stereocenters. The minimum Gasteiger partial charge on any atom is -0.292 e. The van der Waals surface area contributed by atoms with Gasteiger partial charge in [-0.3, -0.25) is 4.48 Å². The standard InChI is InChI=1S/C16H22N/c1-5-7-13-16(6-2)17(3,4)14-15-11-9-8-10-12-15/h5-13H,2,14H2,1,3-4H3/q+1/b7-5-,16-13+. The van der Waals surface area contributed by atoms with E-state index in [0.29, 0.717) is 0 Å². The van der Waals surface area contributed by atoms with Crippen LogP contribution in [0.25, 0.3) is 0 Å². The quantitative estimate of drug-likeness (QED) is 0.529. The summed E-state index contributed by atoms with van der Waals surface area (Å²) < 4.78 is 0.803. The van der Waals surface area contributed by atoms with Crippen molar-refractivity contribution in [3.63, 3.8) is 0 Å². The zero-order valence-electron chi connectivity index (χ0n) is 11.1. The lowest BCUT2D eigenvalue weighted by Gasteiger charge is -2.30. The summed E-state index contributed by atoms with van der Waals surface area (Å²) in [7, 11) is 4.40. The number of allylic oxidation sites excluding steroid dienone is 4. The van der Waals surface area contributed by atoms with E-state index in [1.54, 1.807) is 0 Å². The SMILES string of the molecule is C=C/C(=C\C=C/C)[N+](C)(C)Cc1ccccc1. The van der Waals surface area contributed by atoms with Crippen molar-refractivity contribution >= 4 is 0 Å². The molecule has 17 heavy (non-hydrogen) atoms. The lowest BCUT2D eigenvalue weighted by Crippen LogP contribution is -2.36. The highest BCUT2D eigenvalue weighted by molar-refractivity contribution is 5.18. The third-order valence-electron chi connectivity index (χ3n) is 2.79. The predicted molar refractivity (Wildman–Crippen MR) is 75.3 cm³/mol. The minimum atomic E-state index is 0.803. The van der Waals surface area contributed by atoms with E-state index in [4.69, 9.17) is 0 Å². The summed E-state index contributed by atoms with van der Waals surface area (Å²) in [5, 5.41) is 0. The van der Waals surface area contributed by atoms with Crippen molar-refractivity contribution in [3.05, 3.63) is 72.5 Å². The van der Waals surface area contributed by atoms with Gasteiger partial charge in [0.25, 0.3) is 0 Å². The third kappa shape index (κ3) is 4.04. The molecule has 0 radical (unpaired) electrons. The van der Waals surface area contributed by atoms with E-state index in [-0.39, 0.29) is 0 Å². The molecule has 1 heteroatoms. The first-order chi connectivity index (χ1) is 8.10. The van der Waals surface area contributed by atoms with Crippen molar-refractivity contribution < 1.29 is 4.48 Å². The fourth-order valence-electron chi connectivity index (χ4n) is 1.84. The van der Waals surface area contributed by atoms with Crippen LogP contribution in [0.3, 0.4) is 0 Å². The maximum atomic E-state index is 3.90. The van der Waals surface area contributed by atoms with Crippen LogP contribution in [-0.4, -0.2) is 18.6 Å². The first kappa shape index (κ1) is 13.5. The highest BCUT2D eigenvalue weighted by atomic mass is 15.3. The van der Waals surface area contributed by atoms with Gasteiger partial charge in [-0.1, -0.05) is 49.1 Å². The zero-order chi connectivity index (χ0) is 12.7. The fourth-order valence-corrected chi connectivity index (χ4v) is 1.84. The predicted octanol–water partition coefficient (Wildman–Crippen LogP) is 3.91. The molecule has 0 saturated carbocycles. The lowest BCUT2D eigenvalue weighted by atomic mass is 10.2. The number of quaternary nitrogens is 1. The maximum Gasteiger partial charge on any atom is 0.132 e. The molecule has 0 aliphatic carbocycles. The molecule has 0 saturated heterocycles. The van der Waals surface area contributed by atoms with Crippen LogP contribution in [-0.2, 0) is 6.54 Å². The molecule has 0 bridgehead atoms. The first-order valence-corrected chi connectivity index (χ1v) is 5.93. The number of benzene rings is 1. The molecule has 1 rings (SSSR count). The second-order valence-electron chi connectivity index (χ2n) is 4.65. The summed E-state index contributed by atoms with van der Waals surface area (Å²) in [6.07, 6.45) is 8.15. The molecule has 0 fully saturated rings. The molecule has 1 aromatic rings. The van der Waals surface area contributed by atoms with Gasteiger partial charge in [-0.15, -0.1) is 0 Å². The van der Waals surface area contributed by atoms with Crippen LogP contribution in [0.2, 0.25) is 0 Å². The second-order valence-corrected chi connectivity index (χ2v) is 4.65. The molecular weight excluding hydrogens is 206 g/mol. The molecule has 0 heterocycles. The average Bonchev–Trinajstić information content (AvgIpc) is 2.30. The van der Waals surface area contributed by atoms with Gasteiger partial charge in [-0.05, 0) is 19.1 Å². The molecule has 0 spiro atoms. The van der Waals surface area contributed by atoms with Crippen LogP contribution in [0.4, 0.5) is 0 Å². The van der Waals surface area contributed by atoms with Crippen molar-refractivity contribution in [3.8, 4) is 0 Å². The zero-order valence-corrected chi connectivity index (χ0v) is 11.1. The van der Waals surface area contributed by atoms with Crippen molar-refractivity contribution in [2.24, 2.45) is 0 Å². The number of hydrogen-bond donors (Lipinski definition) is 0. The topological polar surface area (TPSA) is 0 Å². The van der Waals surface area contributed by atoms with E-state index in [1.807, 2.05) is 25.1 Å². The summed E-state index contributed by atoms with van der Waals surface area (Å²) >= 11 is 0. The van der Waals surface area contributed by atoms with Gasteiger partial charge < -0.3 is 0 Å². The monoisotopic (exact) mass is 228 g/mol. The number of nitrogens with zero attached hydrogens (tertiary/aromatic N) is 1. The third-order valence-corrected chi connectivity index (χ3v) is 2.79. The highest BCUT2D eigenvalue weighted by Gasteiger charge is 2.19. The van der Waals surface area contributed by atoms with Crippen molar-refractivity contribution in [1.82, 2.24) is 0 Å². The van der Waals surface area contributed by atoms with E-state index in [9.17, 15) is 0 Å². The summed E-state index contributed by atoms with van der Waals surface area (Å²) in [6.45, 7) is 6.89. The molecule has 0 aliphatic heterocycles. The Morgan fingerprint density at radius 1 is 1.24 bits per heavy atom. The number of rotatable bonds is 5. The van der Waals surface area contributed by atoms with Gasteiger partial charge in [0.1, 0.15) is 12.2 Å². The molecule has 0 atom stereocenters. The van der Waals surface area contributed by atoms with Gasteiger partial charge in [0.2, 0.25) is 0 Å². The molecule has 90 valence electrons. The molecule has 0 N–H and O–H groups in total. The van der Waals surface area contributed by atoms with Gasteiger partial charge in [0.15, 0.2) is 0 Å².